The molecule has 0 fully saturated rings. The summed E-state index contributed by atoms with van der Waals surface area (Å²) in [6.07, 6.45) is 3.99. The first kappa shape index (κ1) is 13.5. The second-order valence-electron chi connectivity index (χ2n) is 4.17. The summed E-state index contributed by atoms with van der Waals surface area (Å²) >= 11 is 0. The highest BCUT2D eigenvalue weighted by Crippen LogP contribution is 2.24. The summed E-state index contributed by atoms with van der Waals surface area (Å²) in [4.78, 5) is 3.95. The third-order valence-electron chi connectivity index (χ3n) is 2.97. The van der Waals surface area contributed by atoms with Crippen molar-refractivity contribution in [2.75, 3.05) is 7.11 Å². The summed E-state index contributed by atoms with van der Waals surface area (Å²) in [5, 5.41) is 0. The SMILES string of the molecule is COc1ccc(C(Cc2ccncc2)NN)c(F)c1. The summed E-state index contributed by atoms with van der Waals surface area (Å²) in [7, 11) is 1.50. The van der Waals surface area contributed by atoms with Gasteiger partial charge in [0.25, 0.3) is 0 Å². The van der Waals surface area contributed by atoms with E-state index in [0.717, 1.165) is 5.56 Å². The number of aromatic nitrogens is 1. The molecule has 4 nitrogen and oxygen atoms in total. The molecule has 1 unspecified atom stereocenters. The summed E-state index contributed by atoms with van der Waals surface area (Å²) in [5.74, 6) is 5.68. The van der Waals surface area contributed by atoms with Gasteiger partial charge in [-0.25, -0.2) is 4.39 Å². The van der Waals surface area contributed by atoms with E-state index >= 15 is 0 Å². The van der Waals surface area contributed by atoms with Gasteiger partial charge in [-0.2, -0.15) is 0 Å². The van der Waals surface area contributed by atoms with E-state index in [4.69, 9.17) is 10.6 Å². The Morgan fingerprint density at radius 2 is 2.05 bits per heavy atom. The molecule has 0 radical (unpaired) electrons. The standard InChI is InChI=1S/C14H16FN3O/c1-19-11-2-3-12(13(15)9-11)14(18-16)8-10-4-6-17-7-5-10/h2-7,9,14,18H,8,16H2,1H3. The van der Waals surface area contributed by atoms with Crippen molar-refractivity contribution in [3.8, 4) is 5.75 Å². The summed E-state index contributed by atoms with van der Waals surface area (Å²) in [5.41, 5.74) is 4.19. The van der Waals surface area contributed by atoms with E-state index in [1.807, 2.05) is 12.1 Å². The zero-order chi connectivity index (χ0) is 13.7. The van der Waals surface area contributed by atoms with E-state index in [-0.39, 0.29) is 11.9 Å². The minimum Gasteiger partial charge on any atom is -0.497 e. The molecule has 100 valence electrons. The lowest BCUT2D eigenvalue weighted by Gasteiger charge is -2.17. The molecule has 0 saturated heterocycles. The number of nitrogens with one attached hydrogen (secondary N) is 1. The smallest absolute Gasteiger partial charge is 0.131 e. The maximum atomic E-state index is 14.0. The van der Waals surface area contributed by atoms with Gasteiger partial charge >= 0.3 is 0 Å². The number of hydrogen-bond donors (Lipinski definition) is 2. The Kier molecular flexibility index (Phi) is 4.43. The van der Waals surface area contributed by atoms with Crippen molar-refractivity contribution < 1.29 is 9.13 Å². The third-order valence-corrected chi connectivity index (χ3v) is 2.97. The van der Waals surface area contributed by atoms with Crippen molar-refractivity contribution >= 4 is 0 Å². The van der Waals surface area contributed by atoms with Crippen LogP contribution in [0.2, 0.25) is 0 Å². The zero-order valence-electron chi connectivity index (χ0n) is 10.6. The maximum Gasteiger partial charge on any atom is 0.131 e. The van der Waals surface area contributed by atoms with E-state index in [1.54, 1.807) is 24.5 Å². The number of nitrogens with zero attached hydrogens (tertiary/aromatic N) is 1. The largest absolute Gasteiger partial charge is 0.497 e. The van der Waals surface area contributed by atoms with Gasteiger partial charge in [-0.05, 0) is 30.2 Å². The number of benzene rings is 1. The Balaban J connectivity index is 2.22. The monoisotopic (exact) mass is 261 g/mol. The molecule has 3 N–H and O–H groups in total. The van der Waals surface area contributed by atoms with Crippen LogP contribution < -0.4 is 16.0 Å². The van der Waals surface area contributed by atoms with Crippen molar-refractivity contribution in [1.29, 1.82) is 0 Å². The number of hydrazine groups is 1. The Labute approximate surface area is 111 Å². The molecule has 0 aliphatic rings. The number of halogens is 1. The third kappa shape index (κ3) is 3.27. The van der Waals surface area contributed by atoms with Crippen molar-refractivity contribution in [3.05, 3.63) is 59.7 Å². The van der Waals surface area contributed by atoms with Crippen LogP contribution in [0.1, 0.15) is 17.2 Å². The first-order valence-corrected chi connectivity index (χ1v) is 5.93. The van der Waals surface area contributed by atoms with E-state index in [1.165, 1.54) is 13.2 Å². The Hall–Kier alpha value is -1.98. The fourth-order valence-electron chi connectivity index (χ4n) is 1.93. The second-order valence-corrected chi connectivity index (χ2v) is 4.17. The first-order chi connectivity index (χ1) is 9.24. The number of ether oxygens (including phenoxy) is 1. The van der Waals surface area contributed by atoms with Crippen LogP contribution in [0.3, 0.4) is 0 Å². The average molecular weight is 261 g/mol. The van der Waals surface area contributed by atoms with Gasteiger partial charge in [0.15, 0.2) is 0 Å². The van der Waals surface area contributed by atoms with Gasteiger partial charge in [0.1, 0.15) is 11.6 Å². The Morgan fingerprint density at radius 1 is 1.32 bits per heavy atom. The molecule has 1 heterocycles. The molecule has 1 atom stereocenters. The lowest BCUT2D eigenvalue weighted by atomic mass is 9.99. The van der Waals surface area contributed by atoms with Crippen LogP contribution in [0.4, 0.5) is 4.39 Å². The molecule has 0 amide bonds. The lowest BCUT2D eigenvalue weighted by Crippen LogP contribution is -2.30. The lowest BCUT2D eigenvalue weighted by molar-refractivity contribution is 0.409. The molecule has 2 rings (SSSR count). The molecule has 0 spiro atoms. The molecule has 19 heavy (non-hydrogen) atoms. The normalized spacial score (nSPS) is 12.2. The molecule has 0 aliphatic carbocycles. The van der Waals surface area contributed by atoms with E-state index < -0.39 is 0 Å². The van der Waals surface area contributed by atoms with Crippen LogP contribution in [0, 0.1) is 5.82 Å². The highest BCUT2D eigenvalue weighted by Gasteiger charge is 2.15. The summed E-state index contributed by atoms with van der Waals surface area (Å²) in [6, 6.07) is 8.21. The highest BCUT2D eigenvalue weighted by molar-refractivity contribution is 5.31. The Bertz CT molecular complexity index is 533. The zero-order valence-corrected chi connectivity index (χ0v) is 10.6. The summed E-state index contributed by atoms with van der Waals surface area (Å²) in [6.45, 7) is 0. The fourth-order valence-corrected chi connectivity index (χ4v) is 1.93. The van der Waals surface area contributed by atoms with Crippen LogP contribution in [-0.2, 0) is 6.42 Å². The average Bonchev–Trinajstić information content (AvgIpc) is 2.46. The van der Waals surface area contributed by atoms with Crippen LogP contribution in [0.25, 0.3) is 0 Å². The fraction of sp³-hybridized carbons (Fsp3) is 0.214. The number of rotatable bonds is 5. The van der Waals surface area contributed by atoms with Gasteiger partial charge in [0, 0.05) is 24.0 Å². The van der Waals surface area contributed by atoms with Gasteiger partial charge in [0.2, 0.25) is 0 Å². The minimum absolute atomic E-state index is 0.298. The molecule has 0 saturated carbocycles. The number of methoxy groups -OCH3 is 1. The second kappa shape index (κ2) is 6.26. The van der Waals surface area contributed by atoms with Gasteiger partial charge in [-0.3, -0.25) is 16.3 Å². The quantitative estimate of drug-likeness (QED) is 0.638. The van der Waals surface area contributed by atoms with E-state index in [0.29, 0.717) is 17.7 Å². The molecule has 2 aromatic rings. The maximum absolute atomic E-state index is 14.0. The molecule has 0 aliphatic heterocycles. The van der Waals surface area contributed by atoms with Crippen molar-refractivity contribution in [2.45, 2.75) is 12.5 Å². The van der Waals surface area contributed by atoms with Gasteiger partial charge in [-0.15, -0.1) is 0 Å². The van der Waals surface area contributed by atoms with Crippen LogP contribution >= 0.6 is 0 Å². The van der Waals surface area contributed by atoms with Gasteiger partial charge in [-0.1, -0.05) is 6.07 Å². The number of hydrogen-bond acceptors (Lipinski definition) is 4. The minimum atomic E-state index is -0.337. The predicted molar refractivity (Wildman–Crippen MR) is 71.0 cm³/mol. The van der Waals surface area contributed by atoms with Crippen molar-refractivity contribution in [2.24, 2.45) is 5.84 Å². The first-order valence-electron chi connectivity index (χ1n) is 5.93. The van der Waals surface area contributed by atoms with Crippen molar-refractivity contribution in [3.63, 3.8) is 0 Å². The van der Waals surface area contributed by atoms with E-state index in [9.17, 15) is 4.39 Å². The van der Waals surface area contributed by atoms with Crippen molar-refractivity contribution in [1.82, 2.24) is 10.4 Å². The molecule has 0 bridgehead atoms. The predicted octanol–water partition coefficient (Wildman–Crippen LogP) is 1.98. The van der Waals surface area contributed by atoms with Gasteiger partial charge in [0.05, 0.1) is 13.2 Å². The Morgan fingerprint density at radius 3 is 2.63 bits per heavy atom. The number of pyridine rings is 1. The molecule has 5 heteroatoms. The number of nitrogens with two attached hydrogens (primary N) is 1. The molecule has 1 aromatic carbocycles. The topological polar surface area (TPSA) is 60.2 Å². The van der Waals surface area contributed by atoms with E-state index in [2.05, 4.69) is 10.4 Å². The van der Waals surface area contributed by atoms with Gasteiger partial charge < -0.3 is 4.74 Å². The summed E-state index contributed by atoms with van der Waals surface area (Å²) < 4.78 is 19.0. The van der Waals surface area contributed by atoms with Crippen LogP contribution in [0.5, 0.6) is 5.75 Å². The highest BCUT2D eigenvalue weighted by atomic mass is 19.1. The van der Waals surface area contributed by atoms with Crippen LogP contribution in [0.15, 0.2) is 42.7 Å². The molecular weight excluding hydrogens is 245 g/mol. The molecule has 1 aromatic heterocycles. The molecular formula is C14H16FN3O. The van der Waals surface area contributed by atoms with Crippen LogP contribution in [-0.4, -0.2) is 12.1 Å².